The second kappa shape index (κ2) is 7.02. The van der Waals surface area contributed by atoms with Gasteiger partial charge < -0.3 is 14.2 Å². The van der Waals surface area contributed by atoms with Crippen LogP contribution in [0.25, 0.3) is 0 Å². The molecule has 4 nitrogen and oxygen atoms in total. The van der Waals surface area contributed by atoms with Crippen LogP contribution in [-0.4, -0.2) is 34.6 Å². The highest BCUT2D eigenvalue weighted by Crippen LogP contribution is 2.45. The number of halogens is 2. The van der Waals surface area contributed by atoms with Crippen molar-refractivity contribution >= 4 is 33.4 Å². The first-order valence-electron chi connectivity index (χ1n) is 9.05. The Hall–Kier alpha value is -1.30. The van der Waals surface area contributed by atoms with Crippen LogP contribution < -0.4 is 0 Å². The van der Waals surface area contributed by atoms with E-state index in [1.54, 1.807) is 0 Å². The first-order chi connectivity index (χ1) is 12.5. The predicted molar refractivity (Wildman–Crippen MR) is 106 cm³/mol. The van der Waals surface area contributed by atoms with Crippen molar-refractivity contribution in [2.75, 3.05) is 13.2 Å². The molecule has 1 atom stereocenters. The summed E-state index contributed by atoms with van der Waals surface area (Å²) >= 11 is 9.76. The molecule has 0 radical (unpaired) electrons. The average Bonchev–Trinajstić information content (AvgIpc) is 3.10. The van der Waals surface area contributed by atoms with Gasteiger partial charge in [0, 0.05) is 30.3 Å². The van der Waals surface area contributed by atoms with Gasteiger partial charge in [0.15, 0.2) is 0 Å². The summed E-state index contributed by atoms with van der Waals surface area (Å²) in [4.78, 5) is 15.4. The lowest BCUT2D eigenvalue weighted by atomic mass is 9.99. The SMILES string of the molecule is CC(C)n1c(Br)cc2c1C(c1ccc(Cl)cc1)N(C1CCOCC1)C2=O. The number of hydrogen-bond donors (Lipinski definition) is 0. The van der Waals surface area contributed by atoms with Gasteiger partial charge in [-0.25, -0.2) is 0 Å². The van der Waals surface area contributed by atoms with Gasteiger partial charge in [-0.15, -0.1) is 0 Å². The zero-order valence-corrected chi connectivity index (χ0v) is 17.3. The number of ether oxygens (including phenoxy) is 1. The van der Waals surface area contributed by atoms with Gasteiger partial charge in [-0.1, -0.05) is 23.7 Å². The van der Waals surface area contributed by atoms with Crippen molar-refractivity contribution in [2.24, 2.45) is 0 Å². The number of benzene rings is 1. The number of rotatable bonds is 3. The van der Waals surface area contributed by atoms with Crippen molar-refractivity contribution in [2.45, 2.75) is 44.8 Å². The van der Waals surface area contributed by atoms with E-state index in [-0.39, 0.29) is 24.0 Å². The molecule has 4 rings (SSSR count). The van der Waals surface area contributed by atoms with Crippen LogP contribution in [0.1, 0.15) is 60.4 Å². The molecule has 6 heteroatoms. The van der Waals surface area contributed by atoms with E-state index in [0.29, 0.717) is 18.2 Å². The lowest BCUT2D eigenvalue weighted by Gasteiger charge is -2.37. The molecule has 3 heterocycles. The third-order valence-electron chi connectivity index (χ3n) is 5.32. The Morgan fingerprint density at radius 2 is 1.85 bits per heavy atom. The van der Waals surface area contributed by atoms with Gasteiger partial charge in [0.2, 0.25) is 0 Å². The Labute approximate surface area is 167 Å². The van der Waals surface area contributed by atoms with Gasteiger partial charge in [-0.05, 0) is 66.4 Å². The maximum Gasteiger partial charge on any atom is 0.256 e. The van der Waals surface area contributed by atoms with E-state index >= 15 is 0 Å². The van der Waals surface area contributed by atoms with Gasteiger partial charge >= 0.3 is 0 Å². The Morgan fingerprint density at radius 1 is 1.19 bits per heavy atom. The third kappa shape index (κ3) is 2.90. The van der Waals surface area contributed by atoms with E-state index in [4.69, 9.17) is 16.3 Å². The van der Waals surface area contributed by atoms with Crippen LogP contribution in [0.15, 0.2) is 34.9 Å². The van der Waals surface area contributed by atoms with E-state index in [1.807, 2.05) is 30.3 Å². The molecule has 2 aliphatic rings. The highest BCUT2D eigenvalue weighted by atomic mass is 79.9. The predicted octanol–water partition coefficient (Wildman–Crippen LogP) is 5.21. The maximum atomic E-state index is 13.4. The summed E-state index contributed by atoms with van der Waals surface area (Å²) in [7, 11) is 0. The summed E-state index contributed by atoms with van der Waals surface area (Å²) in [6.45, 7) is 5.71. The van der Waals surface area contributed by atoms with E-state index in [9.17, 15) is 4.79 Å². The average molecular weight is 438 g/mol. The molecule has 0 aliphatic carbocycles. The molecule has 138 valence electrons. The van der Waals surface area contributed by atoms with Crippen molar-refractivity contribution in [1.29, 1.82) is 0 Å². The number of carbonyl (C=O) groups is 1. The number of amides is 1. The van der Waals surface area contributed by atoms with Gasteiger partial charge in [0.05, 0.1) is 21.9 Å². The van der Waals surface area contributed by atoms with Crippen LogP contribution in [0.5, 0.6) is 0 Å². The molecule has 1 aromatic heterocycles. The Morgan fingerprint density at radius 3 is 2.46 bits per heavy atom. The topological polar surface area (TPSA) is 34.5 Å². The minimum absolute atomic E-state index is 0.0911. The highest BCUT2D eigenvalue weighted by Gasteiger charge is 2.45. The molecule has 0 bridgehead atoms. The molecule has 26 heavy (non-hydrogen) atoms. The van der Waals surface area contributed by atoms with Crippen LogP contribution in [0, 0.1) is 0 Å². The van der Waals surface area contributed by atoms with Crippen LogP contribution in [0.4, 0.5) is 0 Å². The normalized spacial score (nSPS) is 20.9. The fraction of sp³-hybridized carbons (Fsp3) is 0.450. The van der Waals surface area contributed by atoms with Gasteiger partial charge in [0.1, 0.15) is 0 Å². The third-order valence-corrected chi connectivity index (χ3v) is 6.18. The number of fused-ring (bicyclic) bond motifs is 1. The van der Waals surface area contributed by atoms with Crippen molar-refractivity contribution in [3.8, 4) is 0 Å². The zero-order valence-electron chi connectivity index (χ0n) is 14.9. The molecule has 0 saturated carbocycles. The van der Waals surface area contributed by atoms with Crippen molar-refractivity contribution in [1.82, 2.24) is 9.47 Å². The fourth-order valence-corrected chi connectivity index (χ4v) is 5.13. The minimum atomic E-state index is -0.0911. The van der Waals surface area contributed by atoms with Crippen molar-refractivity contribution < 1.29 is 9.53 Å². The standard InChI is InChI=1S/C20H22BrClN2O2/c1-12(2)23-17(21)11-16-19(23)18(13-3-5-14(22)6-4-13)24(20(16)25)15-7-9-26-10-8-15/h3-6,11-12,15,18H,7-10H2,1-2H3. The number of carbonyl (C=O) groups excluding carboxylic acids is 1. The molecule has 0 N–H and O–H groups in total. The molecule has 1 aromatic carbocycles. The summed E-state index contributed by atoms with van der Waals surface area (Å²) in [6.07, 6.45) is 1.76. The monoisotopic (exact) mass is 436 g/mol. The lowest BCUT2D eigenvalue weighted by molar-refractivity contribution is 0.0242. The van der Waals surface area contributed by atoms with Crippen LogP contribution >= 0.6 is 27.5 Å². The van der Waals surface area contributed by atoms with E-state index in [0.717, 1.165) is 34.3 Å². The Balaban J connectivity index is 1.87. The van der Waals surface area contributed by atoms with Gasteiger partial charge in [0.25, 0.3) is 5.91 Å². The molecule has 0 spiro atoms. The van der Waals surface area contributed by atoms with Crippen LogP contribution in [0.3, 0.4) is 0 Å². The van der Waals surface area contributed by atoms with Crippen molar-refractivity contribution in [3.63, 3.8) is 0 Å². The molecular formula is C20H22BrClN2O2. The molecular weight excluding hydrogens is 416 g/mol. The summed E-state index contributed by atoms with van der Waals surface area (Å²) < 4.78 is 8.71. The van der Waals surface area contributed by atoms with Crippen molar-refractivity contribution in [3.05, 3.63) is 56.8 Å². The first kappa shape index (κ1) is 18.1. The number of nitrogens with zero attached hydrogens (tertiary/aromatic N) is 2. The van der Waals surface area contributed by atoms with E-state index in [1.165, 1.54) is 0 Å². The zero-order chi connectivity index (χ0) is 18.4. The molecule has 2 aliphatic heterocycles. The molecule has 1 amide bonds. The lowest BCUT2D eigenvalue weighted by Crippen LogP contribution is -2.42. The molecule has 2 aromatic rings. The Kier molecular flexibility index (Phi) is 4.88. The fourth-order valence-electron chi connectivity index (χ4n) is 4.17. The second-order valence-corrected chi connectivity index (χ2v) is 8.49. The summed E-state index contributed by atoms with van der Waals surface area (Å²) in [6, 6.07) is 10.2. The minimum Gasteiger partial charge on any atom is -0.381 e. The molecule has 1 unspecified atom stereocenters. The van der Waals surface area contributed by atoms with E-state index < -0.39 is 0 Å². The first-order valence-corrected chi connectivity index (χ1v) is 10.2. The highest BCUT2D eigenvalue weighted by molar-refractivity contribution is 9.10. The van der Waals surface area contributed by atoms with E-state index in [2.05, 4.69) is 39.2 Å². The summed E-state index contributed by atoms with van der Waals surface area (Å²) in [5.74, 6) is 0.118. The second-order valence-electron chi connectivity index (χ2n) is 7.24. The Bertz CT molecular complexity index is 825. The number of aromatic nitrogens is 1. The molecule has 1 saturated heterocycles. The number of hydrogen-bond acceptors (Lipinski definition) is 2. The molecule has 1 fully saturated rings. The van der Waals surface area contributed by atoms with Crippen LogP contribution in [0.2, 0.25) is 5.02 Å². The van der Waals surface area contributed by atoms with Gasteiger partial charge in [-0.3, -0.25) is 4.79 Å². The maximum absolute atomic E-state index is 13.4. The summed E-state index contributed by atoms with van der Waals surface area (Å²) in [5, 5.41) is 0.705. The smallest absolute Gasteiger partial charge is 0.256 e. The quantitative estimate of drug-likeness (QED) is 0.660. The van der Waals surface area contributed by atoms with Crippen LogP contribution in [-0.2, 0) is 4.74 Å². The van der Waals surface area contributed by atoms with Gasteiger partial charge in [-0.2, -0.15) is 0 Å². The summed E-state index contributed by atoms with van der Waals surface area (Å²) in [5.41, 5.74) is 2.98. The largest absolute Gasteiger partial charge is 0.381 e.